The average molecular weight is 264 g/mol. The zero-order chi connectivity index (χ0) is 14.4. The summed E-state index contributed by atoms with van der Waals surface area (Å²) in [5.41, 5.74) is 7.30. The van der Waals surface area contributed by atoms with E-state index in [4.69, 9.17) is 10.5 Å². The summed E-state index contributed by atoms with van der Waals surface area (Å²) in [6.07, 6.45) is 0.880. The monoisotopic (exact) mass is 264 g/mol. The molecule has 0 aliphatic heterocycles. The van der Waals surface area contributed by atoms with Gasteiger partial charge in [-0.3, -0.25) is 4.79 Å². The highest BCUT2D eigenvalue weighted by Crippen LogP contribution is 2.19. The summed E-state index contributed by atoms with van der Waals surface area (Å²) in [6.45, 7) is 6.63. The maximum atomic E-state index is 12.2. The van der Waals surface area contributed by atoms with Crippen LogP contribution in [-0.4, -0.2) is 25.6 Å². The molecule has 4 nitrogen and oxygen atoms in total. The molecule has 3 N–H and O–H groups in total. The summed E-state index contributed by atoms with van der Waals surface area (Å²) in [4.78, 5) is 12.2. The number of rotatable bonds is 6. The minimum Gasteiger partial charge on any atom is -0.496 e. The van der Waals surface area contributed by atoms with Gasteiger partial charge in [0.2, 0.25) is 0 Å². The first-order chi connectivity index (χ1) is 8.97. The molecule has 0 aromatic heterocycles. The Kier molecular flexibility index (Phi) is 5.83. The largest absolute Gasteiger partial charge is 0.496 e. The molecule has 1 unspecified atom stereocenters. The number of aryl methyl sites for hydroxylation is 1. The van der Waals surface area contributed by atoms with Crippen molar-refractivity contribution in [2.45, 2.75) is 33.2 Å². The molecule has 1 rings (SSSR count). The molecule has 0 bridgehead atoms. The minimum absolute atomic E-state index is 0.0137. The smallest absolute Gasteiger partial charge is 0.251 e. The first-order valence-electron chi connectivity index (χ1n) is 6.63. The van der Waals surface area contributed by atoms with Crippen molar-refractivity contribution in [2.24, 2.45) is 11.7 Å². The van der Waals surface area contributed by atoms with Gasteiger partial charge in [-0.15, -0.1) is 0 Å². The van der Waals surface area contributed by atoms with Crippen molar-refractivity contribution in [3.63, 3.8) is 0 Å². The van der Waals surface area contributed by atoms with Crippen LogP contribution in [0.1, 0.15) is 36.2 Å². The molecule has 0 aliphatic rings. The van der Waals surface area contributed by atoms with Crippen molar-refractivity contribution >= 4 is 5.91 Å². The van der Waals surface area contributed by atoms with Crippen LogP contribution in [0.4, 0.5) is 0 Å². The second kappa shape index (κ2) is 7.14. The van der Waals surface area contributed by atoms with Gasteiger partial charge >= 0.3 is 0 Å². The molecule has 1 amide bonds. The molecule has 0 heterocycles. The Balaban J connectivity index is 2.77. The SMILES string of the molecule is COc1cc(C(=O)NC(CN)CC(C)C)ccc1C. The van der Waals surface area contributed by atoms with Gasteiger partial charge < -0.3 is 15.8 Å². The van der Waals surface area contributed by atoms with E-state index in [2.05, 4.69) is 19.2 Å². The lowest BCUT2D eigenvalue weighted by Gasteiger charge is -2.19. The second-order valence-corrected chi connectivity index (χ2v) is 5.22. The summed E-state index contributed by atoms with van der Waals surface area (Å²) in [5, 5.41) is 2.97. The van der Waals surface area contributed by atoms with Crippen molar-refractivity contribution in [1.29, 1.82) is 0 Å². The maximum absolute atomic E-state index is 12.2. The van der Waals surface area contributed by atoms with Crippen molar-refractivity contribution in [1.82, 2.24) is 5.32 Å². The number of hydrogen-bond acceptors (Lipinski definition) is 3. The molecular formula is C15H24N2O2. The molecular weight excluding hydrogens is 240 g/mol. The predicted octanol–water partition coefficient (Wildman–Crippen LogP) is 2.11. The third kappa shape index (κ3) is 4.56. The number of carbonyl (C=O) groups excluding carboxylic acids is 1. The first kappa shape index (κ1) is 15.5. The van der Waals surface area contributed by atoms with E-state index in [1.54, 1.807) is 19.2 Å². The van der Waals surface area contributed by atoms with E-state index >= 15 is 0 Å². The topological polar surface area (TPSA) is 64.3 Å². The number of nitrogens with two attached hydrogens (primary N) is 1. The van der Waals surface area contributed by atoms with Crippen molar-refractivity contribution in [3.8, 4) is 5.75 Å². The highest BCUT2D eigenvalue weighted by molar-refractivity contribution is 5.94. The summed E-state index contributed by atoms with van der Waals surface area (Å²) in [5.74, 6) is 1.12. The van der Waals surface area contributed by atoms with Gasteiger partial charge in [0.05, 0.1) is 7.11 Å². The summed E-state index contributed by atoms with van der Waals surface area (Å²) in [6, 6.07) is 5.46. The Morgan fingerprint density at radius 2 is 2.11 bits per heavy atom. The normalized spacial score (nSPS) is 12.3. The molecule has 0 radical (unpaired) electrons. The van der Waals surface area contributed by atoms with Crippen LogP contribution in [0.5, 0.6) is 5.75 Å². The fourth-order valence-electron chi connectivity index (χ4n) is 2.01. The van der Waals surface area contributed by atoms with Gasteiger partial charge in [-0.2, -0.15) is 0 Å². The molecule has 0 fully saturated rings. The molecule has 1 atom stereocenters. The number of nitrogens with one attached hydrogen (secondary N) is 1. The van der Waals surface area contributed by atoms with Crippen LogP contribution < -0.4 is 15.8 Å². The van der Waals surface area contributed by atoms with Gasteiger partial charge in [0, 0.05) is 18.2 Å². The van der Waals surface area contributed by atoms with E-state index in [9.17, 15) is 4.79 Å². The Hall–Kier alpha value is -1.55. The van der Waals surface area contributed by atoms with Crippen LogP contribution in [0.2, 0.25) is 0 Å². The number of carbonyl (C=O) groups is 1. The lowest BCUT2D eigenvalue weighted by molar-refractivity contribution is 0.0933. The molecule has 0 saturated heterocycles. The third-order valence-electron chi connectivity index (χ3n) is 3.05. The van der Waals surface area contributed by atoms with Gasteiger partial charge in [-0.25, -0.2) is 0 Å². The molecule has 106 valence electrons. The van der Waals surface area contributed by atoms with Crippen LogP contribution in [0.3, 0.4) is 0 Å². The van der Waals surface area contributed by atoms with Crippen LogP contribution in [-0.2, 0) is 0 Å². The number of amides is 1. The molecule has 1 aromatic rings. The van der Waals surface area contributed by atoms with Crippen LogP contribution >= 0.6 is 0 Å². The Labute approximate surface area is 115 Å². The highest BCUT2D eigenvalue weighted by Gasteiger charge is 2.14. The molecule has 1 aromatic carbocycles. The fraction of sp³-hybridized carbons (Fsp3) is 0.533. The summed E-state index contributed by atoms with van der Waals surface area (Å²) in [7, 11) is 1.60. The number of benzene rings is 1. The van der Waals surface area contributed by atoms with Crippen molar-refractivity contribution in [2.75, 3.05) is 13.7 Å². The zero-order valence-corrected chi connectivity index (χ0v) is 12.2. The number of hydrogen-bond donors (Lipinski definition) is 2. The fourth-order valence-corrected chi connectivity index (χ4v) is 2.01. The Morgan fingerprint density at radius 1 is 1.42 bits per heavy atom. The van der Waals surface area contributed by atoms with Crippen molar-refractivity contribution in [3.05, 3.63) is 29.3 Å². The molecule has 19 heavy (non-hydrogen) atoms. The molecule has 0 spiro atoms. The molecule has 0 aliphatic carbocycles. The number of methoxy groups -OCH3 is 1. The van der Waals surface area contributed by atoms with Crippen LogP contribution in [0.15, 0.2) is 18.2 Å². The van der Waals surface area contributed by atoms with Gasteiger partial charge in [0.25, 0.3) is 5.91 Å². The second-order valence-electron chi connectivity index (χ2n) is 5.22. The van der Waals surface area contributed by atoms with Gasteiger partial charge in [-0.05, 0) is 37.0 Å². The van der Waals surface area contributed by atoms with E-state index in [1.807, 2.05) is 13.0 Å². The maximum Gasteiger partial charge on any atom is 0.251 e. The lowest BCUT2D eigenvalue weighted by Crippen LogP contribution is -2.41. The first-order valence-corrected chi connectivity index (χ1v) is 6.63. The quantitative estimate of drug-likeness (QED) is 0.827. The highest BCUT2D eigenvalue weighted by atomic mass is 16.5. The van der Waals surface area contributed by atoms with E-state index in [0.29, 0.717) is 18.0 Å². The zero-order valence-electron chi connectivity index (χ0n) is 12.2. The van der Waals surface area contributed by atoms with Crippen molar-refractivity contribution < 1.29 is 9.53 Å². The van der Waals surface area contributed by atoms with Gasteiger partial charge in [0.15, 0.2) is 0 Å². The van der Waals surface area contributed by atoms with Gasteiger partial charge in [0.1, 0.15) is 5.75 Å². The summed E-state index contributed by atoms with van der Waals surface area (Å²) >= 11 is 0. The molecule has 0 saturated carbocycles. The number of ether oxygens (including phenoxy) is 1. The molecule has 4 heteroatoms. The average Bonchev–Trinajstić information content (AvgIpc) is 2.37. The minimum atomic E-state index is -0.102. The standard InChI is InChI=1S/C15H24N2O2/c1-10(2)7-13(9-16)17-15(18)12-6-5-11(3)14(8-12)19-4/h5-6,8,10,13H,7,9,16H2,1-4H3,(H,17,18). The Morgan fingerprint density at radius 3 is 2.63 bits per heavy atom. The van der Waals surface area contributed by atoms with Crippen LogP contribution in [0, 0.1) is 12.8 Å². The summed E-state index contributed by atoms with van der Waals surface area (Å²) < 4.78 is 5.23. The van der Waals surface area contributed by atoms with E-state index in [-0.39, 0.29) is 11.9 Å². The Bertz CT molecular complexity index is 430. The third-order valence-corrected chi connectivity index (χ3v) is 3.05. The van der Waals surface area contributed by atoms with Crippen LogP contribution in [0.25, 0.3) is 0 Å². The van der Waals surface area contributed by atoms with E-state index in [0.717, 1.165) is 17.7 Å². The van der Waals surface area contributed by atoms with E-state index in [1.165, 1.54) is 0 Å². The van der Waals surface area contributed by atoms with E-state index < -0.39 is 0 Å². The van der Waals surface area contributed by atoms with Gasteiger partial charge in [-0.1, -0.05) is 19.9 Å². The lowest BCUT2D eigenvalue weighted by atomic mass is 10.0. The predicted molar refractivity (Wildman–Crippen MR) is 77.5 cm³/mol.